The van der Waals surface area contributed by atoms with E-state index in [0.717, 1.165) is 12.0 Å². The van der Waals surface area contributed by atoms with Gasteiger partial charge in [-0.25, -0.2) is 0 Å². The van der Waals surface area contributed by atoms with Gasteiger partial charge in [-0.3, -0.25) is 9.78 Å². The van der Waals surface area contributed by atoms with Gasteiger partial charge in [-0.15, -0.1) is 0 Å². The highest BCUT2D eigenvalue weighted by atomic mass is 16.5. The summed E-state index contributed by atoms with van der Waals surface area (Å²) < 4.78 is 5.65. The first-order valence-corrected chi connectivity index (χ1v) is 8.40. The summed E-state index contributed by atoms with van der Waals surface area (Å²) in [5.74, 6) is 0.306. The van der Waals surface area contributed by atoms with Crippen LogP contribution >= 0.6 is 0 Å². The van der Waals surface area contributed by atoms with Gasteiger partial charge in [-0.05, 0) is 30.9 Å². The Labute approximate surface area is 137 Å². The molecule has 0 aromatic carbocycles. The quantitative estimate of drug-likeness (QED) is 0.840. The number of nitrogens with one attached hydrogen (secondary N) is 1. The van der Waals surface area contributed by atoms with Crippen molar-refractivity contribution in [3.05, 3.63) is 30.1 Å². The number of hydrogen-bond donors (Lipinski definition) is 2. The molecule has 3 rings (SSSR count). The van der Waals surface area contributed by atoms with E-state index in [4.69, 9.17) is 4.74 Å². The van der Waals surface area contributed by atoms with Crippen LogP contribution in [0.5, 0.6) is 0 Å². The summed E-state index contributed by atoms with van der Waals surface area (Å²) in [6.45, 7) is 6.89. The Balaban J connectivity index is 1.51. The van der Waals surface area contributed by atoms with Crippen molar-refractivity contribution in [1.29, 1.82) is 0 Å². The molecule has 5 heteroatoms. The van der Waals surface area contributed by atoms with E-state index in [-0.39, 0.29) is 29.3 Å². The molecule has 0 spiro atoms. The number of ether oxygens (including phenoxy) is 1. The Morgan fingerprint density at radius 3 is 2.91 bits per heavy atom. The molecule has 1 aromatic rings. The molecule has 4 atom stereocenters. The van der Waals surface area contributed by atoms with E-state index in [1.807, 2.05) is 39.1 Å². The number of rotatable bonds is 6. The lowest BCUT2D eigenvalue weighted by molar-refractivity contribution is -0.238. The highest BCUT2D eigenvalue weighted by molar-refractivity contribution is 5.83. The largest absolute Gasteiger partial charge is 0.387 e. The average molecular weight is 318 g/mol. The van der Waals surface area contributed by atoms with Crippen molar-refractivity contribution in [2.24, 2.45) is 11.3 Å². The number of nitrogens with zero attached hydrogens (tertiary/aromatic N) is 1. The molecule has 2 saturated carbocycles. The van der Waals surface area contributed by atoms with E-state index in [0.29, 0.717) is 19.6 Å². The second kappa shape index (κ2) is 5.87. The molecule has 1 aromatic heterocycles. The lowest BCUT2D eigenvalue weighted by Crippen LogP contribution is -2.68. The van der Waals surface area contributed by atoms with Gasteiger partial charge in [0.1, 0.15) is 0 Å². The van der Waals surface area contributed by atoms with Crippen molar-refractivity contribution in [3.8, 4) is 0 Å². The van der Waals surface area contributed by atoms with Crippen LogP contribution in [0.15, 0.2) is 24.5 Å². The van der Waals surface area contributed by atoms with Crippen LogP contribution in [0.3, 0.4) is 0 Å². The van der Waals surface area contributed by atoms with E-state index in [2.05, 4.69) is 10.3 Å². The normalized spacial score (nSPS) is 34.5. The van der Waals surface area contributed by atoms with Crippen molar-refractivity contribution < 1.29 is 14.6 Å². The standard InChI is InChI=1S/C18H26N2O3/c1-4-23-15-9-18(22,17(15,2)3)11-20-16(21)14-8-13(14)12-6-5-7-19-10-12/h5-7,10,13-15,22H,4,8-9,11H2,1-3H3,(H,20,21)/t13-,14-,15-,18+/m1/s1. The SMILES string of the molecule is CCO[C@@H]1C[C@](O)(CNC(=O)[C@@H]2C[C@@H]2c2cccnc2)C1(C)C. The zero-order valence-electron chi connectivity index (χ0n) is 14.1. The molecule has 1 heterocycles. The Bertz CT molecular complexity index is 575. The summed E-state index contributed by atoms with van der Waals surface area (Å²) in [4.78, 5) is 16.4. The predicted molar refractivity (Wildman–Crippen MR) is 86.9 cm³/mol. The summed E-state index contributed by atoms with van der Waals surface area (Å²) in [7, 11) is 0. The highest BCUT2D eigenvalue weighted by Gasteiger charge is 2.60. The molecule has 2 aliphatic rings. The van der Waals surface area contributed by atoms with Gasteiger partial charge in [-0.2, -0.15) is 0 Å². The minimum absolute atomic E-state index is 0.00803. The first-order valence-electron chi connectivity index (χ1n) is 8.40. The van der Waals surface area contributed by atoms with Crippen molar-refractivity contribution >= 4 is 5.91 Å². The fourth-order valence-corrected chi connectivity index (χ4v) is 3.57. The van der Waals surface area contributed by atoms with Crippen LogP contribution in [0, 0.1) is 11.3 Å². The number of aromatic nitrogens is 1. The second-order valence-electron chi connectivity index (χ2n) is 7.35. The summed E-state index contributed by atoms with van der Waals surface area (Å²) in [6, 6.07) is 3.91. The summed E-state index contributed by atoms with van der Waals surface area (Å²) in [5.41, 5.74) is -0.115. The van der Waals surface area contributed by atoms with E-state index in [9.17, 15) is 9.90 Å². The van der Waals surface area contributed by atoms with Crippen LogP contribution in [0.25, 0.3) is 0 Å². The van der Waals surface area contributed by atoms with Crippen LogP contribution in [0.2, 0.25) is 0 Å². The molecule has 2 N–H and O–H groups in total. The van der Waals surface area contributed by atoms with Crippen molar-refractivity contribution in [2.75, 3.05) is 13.2 Å². The molecular formula is C18H26N2O3. The maximum atomic E-state index is 12.3. The van der Waals surface area contributed by atoms with Crippen molar-refractivity contribution in [1.82, 2.24) is 10.3 Å². The van der Waals surface area contributed by atoms with Gasteiger partial charge < -0.3 is 15.2 Å². The van der Waals surface area contributed by atoms with Crippen LogP contribution in [-0.2, 0) is 9.53 Å². The summed E-state index contributed by atoms with van der Waals surface area (Å²) >= 11 is 0. The van der Waals surface area contributed by atoms with Crippen LogP contribution < -0.4 is 5.32 Å². The molecule has 0 saturated heterocycles. The zero-order chi connectivity index (χ0) is 16.7. The van der Waals surface area contributed by atoms with E-state index >= 15 is 0 Å². The van der Waals surface area contributed by atoms with Gasteiger partial charge in [0, 0.05) is 43.3 Å². The molecular weight excluding hydrogens is 292 g/mol. The van der Waals surface area contributed by atoms with Gasteiger partial charge in [0.05, 0.1) is 11.7 Å². The minimum atomic E-state index is -0.888. The Kier molecular flexibility index (Phi) is 4.19. The zero-order valence-corrected chi connectivity index (χ0v) is 14.1. The molecule has 2 fully saturated rings. The molecule has 126 valence electrons. The molecule has 0 unspecified atom stereocenters. The van der Waals surface area contributed by atoms with Crippen LogP contribution in [-0.4, -0.2) is 40.9 Å². The third-order valence-corrected chi connectivity index (χ3v) is 5.69. The van der Waals surface area contributed by atoms with Gasteiger partial charge in [0.15, 0.2) is 0 Å². The topological polar surface area (TPSA) is 71.5 Å². The van der Waals surface area contributed by atoms with E-state index < -0.39 is 5.60 Å². The van der Waals surface area contributed by atoms with E-state index in [1.165, 1.54) is 0 Å². The summed E-state index contributed by atoms with van der Waals surface area (Å²) in [5, 5.41) is 13.7. The number of amides is 1. The average Bonchev–Trinajstić information content (AvgIpc) is 3.34. The third-order valence-electron chi connectivity index (χ3n) is 5.69. The first-order chi connectivity index (χ1) is 10.9. The number of pyridine rings is 1. The van der Waals surface area contributed by atoms with Crippen LogP contribution in [0.1, 0.15) is 45.1 Å². The van der Waals surface area contributed by atoms with Gasteiger partial charge in [-0.1, -0.05) is 19.9 Å². The predicted octanol–water partition coefficient (Wildman–Crippen LogP) is 1.87. The van der Waals surface area contributed by atoms with Gasteiger partial charge >= 0.3 is 0 Å². The second-order valence-corrected chi connectivity index (χ2v) is 7.35. The monoisotopic (exact) mass is 318 g/mol. The molecule has 23 heavy (non-hydrogen) atoms. The fraction of sp³-hybridized carbons (Fsp3) is 0.667. The Morgan fingerprint density at radius 2 is 2.30 bits per heavy atom. The molecule has 0 aliphatic heterocycles. The molecule has 0 radical (unpaired) electrons. The smallest absolute Gasteiger partial charge is 0.223 e. The molecule has 0 bridgehead atoms. The Morgan fingerprint density at radius 1 is 1.52 bits per heavy atom. The minimum Gasteiger partial charge on any atom is -0.387 e. The summed E-state index contributed by atoms with van der Waals surface area (Å²) in [6.07, 6.45) is 5.06. The molecule has 1 amide bonds. The maximum absolute atomic E-state index is 12.3. The first kappa shape index (κ1) is 16.4. The number of carbonyl (C=O) groups excluding carboxylic acids is 1. The number of aliphatic hydroxyl groups is 1. The number of hydrogen-bond acceptors (Lipinski definition) is 4. The fourth-order valence-electron chi connectivity index (χ4n) is 3.57. The van der Waals surface area contributed by atoms with Gasteiger partial charge in [0.25, 0.3) is 0 Å². The number of carbonyl (C=O) groups is 1. The maximum Gasteiger partial charge on any atom is 0.223 e. The molecule has 2 aliphatic carbocycles. The van der Waals surface area contributed by atoms with Crippen molar-refractivity contribution in [3.63, 3.8) is 0 Å². The third kappa shape index (κ3) is 2.88. The van der Waals surface area contributed by atoms with Crippen LogP contribution in [0.4, 0.5) is 0 Å². The Hall–Kier alpha value is -1.46. The van der Waals surface area contributed by atoms with Crippen molar-refractivity contribution in [2.45, 2.75) is 51.2 Å². The van der Waals surface area contributed by atoms with Gasteiger partial charge in [0.2, 0.25) is 5.91 Å². The lowest BCUT2D eigenvalue weighted by Gasteiger charge is -2.57. The highest BCUT2D eigenvalue weighted by Crippen LogP contribution is 2.51. The molecule has 5 nitrogen and oxygen atoms in total. The lowest BCUT2D eigenvalue weighted by atomic mass is 9.56. The van der Waals surface area contributed by atoms with E-state index in [1.54, 1.807) is 6.20 Å².